The molecule has 1 amide bonds. The van der Waals surface area contributed by atoms with E-state index in [0.717, 1.165) is 48.0 Å². The fourth-order valence-corrected chi connectivity index (χ4v) is 5.19. The third-order valence-electron chi connectivity index (χ3n) is 6.57. The molecule has 32 heavy (non-hydrogen) atoms. The summed E-state index contributed by atoms with van der Waals surface area (Å²) in [7, 11) is 6.21. The molecule has 0 fully saturated rings. The van der Waals surface area contributed by atoms with Crippen molar-refractivity contribution < 1.29 is 14.7 Å². The Bertz CT molecular complexity index is 1100. The second kappa shape index (κ2) is 8.98. The fourth-order valence-electron chi connectivity index (χ4n) is 4.97. The highest BCUT2D eigenvalue weighted by atomic mass is 35.5. The van der Waals surface area contributed by atoms with Crippen molar-refractivity contribution >= 4 is 39.4 Å². The van der Waals surface area contributed by atoms with E-state index in [9.17, 15) is 14.7 Å². The van der Waals surface area contributed by atoms with Crippen LogP contribution in [0.4, 0.5) is 0 Å². The molecule has 3 unspecified atom stereocenters. The first-order chi connectivity index (χ1) is 15.2. The molecule has 1 aromatic heterocycles. The summed E-state index contributed by atoms with van der Waals surface area (Å²) in [4.78, 5) is 26.4. The van der Waals surface area contributed by atoms with Crippen LogP contribution >= 0.6 is 11.6 Å². The largest absolute Gasteiger partial charge is 0.387 e. The molecule has 1 aliphatic carbocycles. The van der Waals surface area contributed by atoms with Gasteiger partial charge in [0.1, 0.15) is 5.92 Å². The van der Waals surface area contributed by atoms with Crippen LogP contribution in [0, 0.1) is 5.92 Å². The normalized spacial score (nSPS) is 21.9. The van der Waals surface area contributed by atoms with Gasteiger partial charge in [-0.2, -0.15) is 0 Å². The van der Waals surface area contributed by atoms with E-state index in [2.05, 4.69) is 66.4 Å². The van der Waals surface area contributed by atoms with Gasteiger partial charge in [-0.3, -0.25) is 9.59 Å². The molecule has 3 atom stereocenters. The number of benzene rings is 1. The maximum Gasteiger partial charge on any atom is 0.239 e. The van der Waals surface area contributed by atoms with Gasteiger partial charge in [0.15, 0.2) is 0 Å². The standard InChI is InChI=1S/C24H31ClN4O3/c1-13(12-28(2)3)26-11-16-8-15-9-18-14(10-19(15)29(16)4)6-5-7-17-21(18)27-24(32)20(22(17)30)23(25)31/h8-10,13,20,22,26,30H,5-7,11-12H2,1-4H3,(H,27,32). The Labute approximate surface area is 193 Å². The van der Waals surface area contributed by atoms with Crippen LogP contribution in [0.2, 0.25) is 0 Å². The molecule has 4 rings (SSSR count). The average molecular weight is 459 g/mol. The lowest BCUT2D eigenvalue weighted by Crippen LogP contribution is -2.46. The predicted molar refractivity (Wildman–Crippen MR) is 126 cm³/mol. The first kappa shape index (κ1) is 23.0. The van der Waals surface area contributed by atoms with E-state index in [1.807, 2.05) is 0 Å². The summed E-state index contributed by atoms with van der Waals surface area (Å²) in [6.45, 7) is 3.89. The van der Waals surface area contributed by atoms with E-state index in [1.54, 1.807) is 0 Å². The fraction of sp³-hybridized carbons (Fsp3) is 0.500. The highest BCUT2D eigenvalue weighted by Crippen LogP contribution is 2.38. The number of aliphatic hydroxyl groups excluding tert-OH is 1. The maximum atomic E-state index is 12.5. The van der Waals surface area contributed by atoms with E-state index >= 15 is 0 Å². The van der Waals surface area contributed by atoms with Crippen molar-refractivity contribution in [3.05, 3.63) is 40.6 Å². The molecule has 3 N–H and O–H groups in total. The number of rotatable bonds is 6. The lowest BCUT2D eigenvalue weighted by molar-refractivity contribution is -0.133. The van der Waals surface area contributed by atoms with Gasteiger partial charge in [-0.1, -0.05) is 0 Å². The molecule has 0 bridgehead atoms. The van der Waals surface area contributed by atoms with E-state index < -0.39 is 23.2 Å². The molecule has 1 aromatic carbocycles. The van der Waals surface area contributed by atoms with E-state index in [1.165, 1.54) is 5.69 Å². The molecule has 2 aromatic rings. The van der Waals surface area contributed by atoms with Crippen molar-refractivity contribution in [2.45, 2.75) is 44.9 Å². The number of fused-ring (bicyclic) bond motifs is 3. The number of hydrogen-bond donors (Lipinski definition) is 3. The van der Waals surface area contributed by atoms with Crippen LogP contribution in [-0.4, -0.2) is 58.5 Å². The van der Waals surface area contributed by atoms with Crippen LogP contribution in [0.5, 0.6) is 0 Å². The molecule has 7 nitrogen and oxygen atoms in total. The van der Waals surface area contributed by atoms with Gasteiger partial charge in [-0.05, 0) is 81.2 Å². The molecule has 2 aliphatic rings. The summed E-state index contributed by atoms with van der Waals surface area (Å²) >= 11 is 5.60. The number of aryl methyl sites for hydroxylation is 2. The number of hydrogen-bond acceptors (Lipinski definition) is 5. The van der Waals surface area contributed by atoms with Gasteiger partial charge in [-0.25, -0.2) is 0 Å². The predicted octanol–water partition coefficient (Wildman–Crippen LogP) is 2.14. The Morgan fingerprint density at radius 3 is 2.78 bits per heavy atom. The van der Waals surface area contributed by atoms with E-state index in [4.69, 9.17) is 11.6 Å². The zero-order chi connectivity index (χ0) is 23.2. The van der Waals surface area contributed by atoms with Crippen LogP contribution in [0.15, 0.2) is 23.8 Å². The van der Waals surface area contributed by atoms with Gasteiger partial charge in [0.25, 0.3) is 0 Å². The molecule has 0 saturated heterocycles. The lowest BCUT2D eigenvalue weighted by Gasteiger charge is -2.30. The Hall–Kier alpha value is -2.19. The number of aromatic nitrogens is 1. The molecule has 2 heterocycles. The van der Waals surface area contributed by atoms with Gasteiger partial charge >= 0.3 is 0 Å². The van der Waals surface area contributed by atoms with Gasteiger partial charge in [-0.15, -0.1) is 0 Å². The minimum atomic E-state index is -1.25. The first-order valence-electron chi connectivity index (χ1n) is 11.1. The molecule has 8 heteroatoms. The molecular weight excluding hydrogens is 428 g/mol. The van der Waals surface area contributed by atoms with Crippen LogP contribution in [0.25, 0.3) is 16.6 Å². The SMILES string of the molecule is CC(CN(C)C)NCc1cc2cc3c(cc2n1C)CCCC1=C3NC(=O)C(C(=O)Cl)C1O. The second-order valence-corrected chi connectivity index (χ2v) is 9.65. The van der Waals surface area contributed by atoms with Gasteiger partial charge in [0, 0.05) is 48.3 Å². The second-order valence-electron chi connectivity index (χ2n) is 9.28. The molecule has 1 aliphatic heterocycles. The van der Waals surface area contributed by atoms with Crippen LogP contribution in [-0.2, 0) is 29.6 Å². The number of likely N-dealkylation sites (N-methyl/N-ethyl adjacent to an activating group) is 1. The summed E-state index contributed by atoms with van der Waals surface area (Å²) in [6.07, 6.45) is 1.09. The molecule has 0 spiro atoms. The Kier molecular flexibility index (Phi) is 6.45. The number of nitrogens with one attached hydrogen (secondary N) is 2. The molecule has 172 valence electrons. The Morgan fingerprint density at radius 1 is 1.34 bits per heavy atom. The number of aliphatic hydroxyl groups is 1. The summed E-state index contributed by atoms with van der Waals surface area (Å²) in [5.74, 6) is -1.80. The van der Waals surface area contributed by atoms with Gasteiger partial charge < -0.3 is 25.2 Å². The number of carbonyl (C=O) groups is 2. The minimum absolute atomic E-state index is 0.365. The van der Waals surface area contributed by atoms with Crippen molar-refractivity contribution in [1.82, 2.24) is 20.1 Å². The number of halogens is 1. The molecule has 0 saturated carbocycles. The van der Waals surface area contributed by atoms with Crippen LogP contribution in [0.1, 0.15) is 36.6 Å². The first-order valence-corrected chi connectivity index (χ1v) is 11.5. The summed E-state index contributed by atoms with van der Waals surface area (Å²) < 4.78 is 2.21. The van der Waals surface area contributed by atoms with Crippen molar-refractivity contribution in [1.29, 1.82) is 0 Å². The number of nitrogens with zero attached hydrogens (tertiary/aromatic N) is 2. The van der Waals surface area contributed by atoms with Crippen molar-refractivity contribution in [3.8, 4) is 0 Å². The quantitative estimate of drug-likeness (QED) is 0.456. The van der Waals surface area contributed by atoms with Crippen molar-refractivity contribution in [2.75, 3.05) is 20.6 Å². The topological polar surface area (TPSA) is 86.6 Å². The average Bonchev–Trinajstić information content (AvgIpc) is 2.89. The highest BCUT2D eigenvalue weighted by Gasteiger charge is 2.41. The Balaban J connectivity index is 1.71. The van der Waals surface area contributed by atoms with Crippen LogP contribution < -0.4 is 10.6 Å². The minimum Gasteiger partial charge on any atom is -0.387 e. The Morgan fingerprint density at radius 2 is 2.09 bits per heavy atom. The van der Waals surface area contributed by atoms with Crippen LogP contribution in [0.3, 0.4) is 0 Å². The number of amides is 1. The molecular formula is C24H31ClN4O3. The summed E-state index contributed by atoms with van der Waals surface area (Å²) in [5, 5.41) is 17.5. The lowest BCUT2D eigenvalue weighted by atomic mass is 9.87. The smallest absolute Gasteiger partial charge is 0.239 e. The maximum absolute atomic E-state index is 12.5. The van der Waals surface area contributed by atoms with Gasteiger partial charge in [0.2, 0.25) is 11.1 Å². The van der Waals surface area contributed by atoms with E-state index in [-0.39, 0.29) is 0 Å². The summed E-state index contributed by atoms with van der Waals surface area (Å²) in [5.41, 5.74) is 5.70. The monoisotopic (exact) mass is 458 g/mol. The third kappa shape index (κ3) is 4.22. The van der Waals surface area contributed by atoms with Gasteiger partial charge in [0.05, 0.1) is 11.8 Å². The number of carbonyl (C=O) groups excluding carboxylic acids is 2. The zero-order valence-electron chi connectivity index (χ0n) is 19.0. The van der Waals surface area contributed by atoms with Crippen molar-refractivity contribution in [3.63, 3.8) is 0 Å². The van der Waals surface area contributed by atoms with Crippen molar-refractivity contribution in [2.24, 2.45) is 13.0 Å². The molecule has 0 radical (unpaired) electrons. The third-order valence-corrected chi connectivity index (χ3v) is 6.80. The summed E-state index contributed by atoms with van der Waals surface area (Å²) in [6, 6.07) is 6.81. The van der Waals surface area contributed by atoms with E-state index in [0.29, 0.717) is 23.7 Å². The zero-order valence-corrected chi connectivity index (χ0v) is 19.8. The highest BCUT2D eigenvalue weighted by molar-refractivity contribution is 6.65.